The molecule has 0 bridgehead atoms. The number of amides is 2. The van der Waals surface area contributed by atoms with E-state index in [4.69, 9.17) is 4.99 Å². The second-order valence-electron chi connectivity index (χ2n) is 12.2. The van der Waals surface area contributed by atoms with Gasteiger partial charge in [0, 0.05) is 30.1 Å². The van der Waals surface area contributed by atoms with Gasteiger partial charge in [-0.1, -0.05) is 46.2 Å². The number of aliphatic imine (C=N–C) groups is 1. The quantitative estimate of drug-likeness (QED) is 0.452. The Labute approximate surface area is 268 Å². The van der Waals surface area contributed by atoms with Crippen molar-refractivity contribution in [2.24, 2.45) is 16.3 Å². The van der Waals surface area contributed by atoms with Crippen LogP contribution in [-0.2, 0) is 9.59 Å². The number of halogens is 2. The van der Waals surface area contributed by atoms with Crippen LogP contribution in [0.15, 0.2) is 47.5 Å². The van der Waals surface area contributed by atoms with E-state index in [0.717, 1.165) is 37.0 Å². The van der Waals surface area contributed by atoms with Gasteiger partial charge in [-0.25, -0.2) is 8.78 Å². The van der Waals surface area contributed by atoms with E-state index in [0.29, 0.717) is 30.7 Å². The smallest absolute Gasteiger partial charge is 0.550 e. The Morgan fingerprint density at radius 2 is 1.74 bits per heavy atom. The van der Waals surface area contributed by atoms with Crippen molar-refractivity contribution in [3.63, 3.8) is 0 Å². The average Bonchev–Trinajstić information content (AvgIpc) is 3.19. The van der Waals surface area contributed by atoms with E-state index in [-0.39, 0.29) is 71.2 Å². The van der Waals surface area contributed by atoms with Crippen LogP contribution in [0.5, 0.6) is 0 Å². The molecule has 0 unspecified atom stereocenters. The first kappa shape index (κ1) is 33.9. The number of carbonyl (C=O) groups excluding carboxylic acids is 3. The first-order chi connectivity index (χ1) is 19.4. The van der Waals surface area contributed by atoms with E-state index < -0.39 is 29.2 Å². The van der Waals surface area contributed by atoms with Gasteiger partial charge in [-0.05, 0) is 79.3 Å². The standard InChI is InChI=1S/C32H39F2N3O4.Na/c1-5-6-26(20-7-9-21(10-8-20)29(40)35-18-15-27(38)39)37-30(41)28(22-11-12-24(33)25(34)19-22)36-32(37)16-13-23(14-17-32)31(2,3)4;/h7-12,19,23,26H,5-6,13-18H2,1-4H3,(H,35,40)(H,38,39);/q;+1/p-1/t23?,26-,32?;/m1./s1. The summed E-state index contributed by atoms with van der Waals surface area (Å²) >= 11 is 0. The Kier molecular flexibility index (Phi) is 11.1. The predicted octanol–water partition coefficient (Wildman–Crippen LogP) is 1.94. The van der Waals surface area contributed by atoms with Crippen LogP contribution >= 0.6 is 0 Å². The summed E-state index contributed by atoms with van der Waals surface area (Å²) in [5, 5.41) is 13.2. The van der Waals surface area contributed by atoms with Crippen molar-refractivity contribution in [3.05, 3.63) is 70.8 Å². The molecule has 2 aliphatic rings. The van der Waals surface area contributed by atoms with Gasteiger partial charge in [0.2, 0.25) is 0 Å². The maximum atomic E-state index is 14.2. The Hall–Kier alpha value is -2.62. The number of hydrogen-bond donors (Lipinski definition) is 1. The molecule has 0 radical (unpaired) electrons. The summed E-state index contributed by atoms with van der Waals surface area (Å²) in [7, 11) is 0. The largest absolute Gasteiger partial charge is 1.00 e. The fraction of sp³-hybridized carbons (Fsp3) is 0.500. The van der Waals surface area contributed by atoms with E-state index in [9.17, 15) is 28.3 Å². The monoisotopic (exact) mass is 589 g/mol. The van der Waals surface area contributed by atoms with Gasteiger partial charge in [-0.3, -0.25) is 14.6 Å². The number of nitrogens with one attached hydrogen (secondary N) is 1. The average molecular weight is 590 g/mol. The number of hydrogen-bond acceptors (Lipinski definition) is 5. The number of benzene rings is 2. The van der Waals surface area contributed by atoms with E-state index in [1.54, 1.807) is 12.1 Å². The van der Waals surface area contributed by atoms with Crippen LogP contribution in [0.3, 0.4) is 0 Å². The van der Waals surface area contributed by atoms with Gasteiger partial charge >= 0.3 is 29.6 Å². The van der Waals surface area contributed by atoms with Crippen LogP contribution < -0.4 is 40.0 Å². The summed E-state index contributed by atoms with van der Waals surface area (Å²) in [6, 6.07) is 10.0. The number of aliphatic carboxylic acids is 1. The molecule has 2 amide bonds. The van der Waals surface area contributed by atoms with Crippen LogP contribution in [0.25, 0.3) is 0 Å². The molecule has 2 aromatic rings. The van der Waals surface area contributed by atoms with Gasteiger partial charge in [-0.15, -0.1) is 0 Å². The topological polar surface area (TPSA) is 102 Å². The molecule has 1 aliphatic heterocycles. The molecule has 1 N–H and O–H groups in total. The molecule has 1 saturated carbocycles. The molecule has 1 aliphatic carbocycles. The molecule has 1 fully saturated rings. The van der Waals surface area contributed by atoms with Crippen LogP contribution in [0.2, 0.25) is 0 Å². The molecular weight excluding hydrogens is 551 g/mol. The Morgan fingerprint density at radius 1 is 1.10 bits per heavy atom. The Balaban J connectivity index is 0.00000484. The molecule has 42 heavy (non-hydrogen) atoms. The van der Waals surface area contributed by atoms with Gasteiger partial charge < -0.3 is 20.1 Å². The van der Waals surface area contributed by atoms with E-state index in [1.807, 2.05) is 24.0 Å². The second kappa shape index (κ2) is 13.8. The maximum Gasteiger partial charge on any atom is 1.00 e. The fourth-order valence-corrected chi connectivity index (χ4v) is 6.13. The van der Waals surface area contributed by atoms with Crippen molar-refractivity contribution in [2.75, 3.05) is 6.54 Å². The zero-order valence-electron chi connectivity index (χ0n) is 25.1. The van der Waals surface area contributed by atoms with Gasteiger partial charge in [-0.2, -0.15) is 0 Å². The molecule has 2 aromatic carbocycles. The molecule has 1 spiro atoms. The predicted molar refractivity (Wildman–Crippen MR) is 150 cm³/mol. The SMILES string of the molecule is CCC[C@H](c1ccc(C(=O)NCCC(=O)[O-])cc1)N1C(=O)C(c2ccc(F)c(F)c2)=NC12CCC(C(C)(C)C)CC2.[Na+]. The van der Waals surface area contributed by atoms with E-state index in [2.05, 4.69) is 26.1 Å². The summed E-state index contributed by atoms with van der Waals surface area (Å²) in [5.74, 6) is -3.50. The van der Waals surface area contributed by atoms with Crippen molar-refractivity contribution in [3.8, 4) is 0 Å². The zero-order valence-corrected chi connectivity index (χ0v) is 27.1. The molecule has 0 saturated heterocycles. The summed E-state index contributed by atoms with van der Waals surface area (Å²) in [5.41, 5.74) is 0.914. The van der Waals surface area contributed by atoms with Crippen molar-refractivity contribution < 1.29 is 57.8 Å². The van der Waals surface area contributed by atoms with Crippen LogP contribution in [0.1, 0.15) is 100 Å². The molecular formula is C32H38F2N3NaO4. The molecule has 10 heteroatoms. The molecule has 4 rings (SSSR count). The van der Waals surface area contributed by atoms with Crippen molar-refractivity contribution >= 4 is 23.5 Å². The minimum Gasteiger partial charge on any atom is -0.550 e. The van der Waals surface area contributed by atoms with Crippen molar-refractivity contribution in [2.45, 2.75) is 84.3 Å². The minimum absolute atomic E-state index is 0. The third-order valence-corrected chi connectivity index (χ3v) is 8.44. The first-order valence-corrected chi connectivity index (χ1v) is 14.3. The van der Waals surface area contributed by atoms with Gasteiger partial charge in [0.05, 0.1) is 6.04 Å². The van der Waals surface area contributed by atoms with Crippen molar-refractivity contribution in [1.29, 1.82) is 0 Å². The van der Waals surface area contributed by atoms with Crippen LogP contribution in [-0.4, -0.2) is 40.6 Å². The van der Waals surface area contributed by atoms with Crippen LogP contribution in [0, 0.1) is 23.0 Å². The van der Waals surface area contributed by atoms with Crippen molar-refractivity contribution in [1.82, 2.24) is 10.2 Å². The Morgan fingerprint density at radius 3 is 2.29 bits per heavy atom. The number of carboxylic acid groups (broad SMARTS) is 1. The molecule has 220 valence electrons. The molecule has 0 aromatic heterocycles. The van der Waals surface area contributed by atoms with Gasteiger partial charge in [0.15, 0.2) is 11.6 Å². The van der Waals surface area contributed by atoms with Crippen LogP contribution in [0.4, 0.5) is 8.78 Å². The molecule has 1 atom stereocenters. The zero-order chi connectivity index (χ0) is 29.9. The van der Waals surface area contributed by atoms with E-state index in [1.165, 1.54) is 6.07 Å². The number of rotatable bonds is 9. The number of carboxylic acids is 1. The number of carbonyl (C=O) groups is 3. The Bertz CT molecular complexity index is 1330. The third kappa shape index (κ3) is 7.29. The maximum absolute atomic E-state index is 14.2. The molecule has 7 nitrogen and oxygen atoms in total. The molecule has 1 heterocycles. The summed E-state index contributed by atoms with van der Waals surface area (Å²) < 4.78 is 28.0. The van der Waals surface area contributed by atoms with Gasteiger partial charge in [0.1, 0.15) is 11.4 Å². The summed E-state index contributed by atoms with van der Waals surface area (Å²) in [4.78, 5) is 44.1. The normalized spacial score (nSPS) is 21.1. The summed E-state index contributed by atoms with van der Waals surface area (Å²) in [6.07, 6.45) is 4.23. The number of nitrogens with zero attached hydrogens (tertiary/aromatic N) is 2. The fourth-order valence-electron chi connectivity index (χ4n) is 6.13. The van der Waals surface area contributed by atoms with E-state index >= 15 is 0 Å². The third-order valence-electron chi connectivity index (χ3n) is 8.44. The summed E-state index contributed by atoms with van der Waals surface area (Å²) in [6.45, 7) is 8.66. The first-order valence-electron chi connectivity index (χ1n) is 14.3. The second-order valence-corrected chi connectivity index (χ2v) is 12.2. The minimum atomic E-state index is -1.24. The van der Waals surface area contributed by atoms with Gasteiger partial charge in [0.25, 0.3) is 11.8 Å².